The second-order valence-electron chi connectivity index (χ2n) is 10.9. The number of fused-ring (bicyclic) bond motifs is 1. The summed E-state index contributed by atoms with van der Waals surface area (Å²) in [5.41, 5.74) is 8.80. The molecule has 2 amide bonds. The van der Waals surface area contributed by atoms with E-state index in [2.05, 4.69) is 16.0 Å². The van der Waals surface area contributed by atoms with Gasteiger partial charge < -0.3 is 25.3 Å². The fraction of sp³-hybridized carbons (Fsp3) is 0.483. The fourth-order valence-electron chi connectivity index (χ4n) is 5.97. The first kappa shape index (κ1) is 29.2. The topological polar surface area (TPSA) is 140 Å². The van der Waals surface area contributed by atoms with Crippen molar-refractivity contribution in [3.05, 3.63) is 54.4 Å². The molecule has 12 heteroatoms. The van der Waals surface area contributed by atoms with Crippen molar-refractivity contribution in [2.75, 3.05) is 45.2 Å². The van der Waals surface area contributed by atoms with Crippen molar-refractivity contribution >= 4 is 38.6 Å². The number of rotatable bonds is 9. The number of anilines is 1. The van der Waals surface area contributed by atoms with E-state index in [0.717, 1.165) is 42.7 Å². The van der Waals surface area contributed by atoms with E-state index < -0.39 is 22.0 Å². The number of ether oxygens (including phenoxy) is 1. The summed E-state index contributed by atoms with van der Waals surface area (Å²) in [6.45, 7) is 3.97. The Hall–Kier alpha value is -3.32. The molecule has 5 rings (SSSR count). The van der Waals surface area contributed by atoms with Gasteiger partial charge in [-0.25, -0.2) is 13.4 Å². The van der Waals surface area contributed by atoms with Crippen molar-refractivity contribution in [3.8, 4) is 0 Å². The number of benzene rings is 2. The first-order chi connectivity index (χ1) is 19.7. The lowest BCUT2D eigenvalue weighted by Crippen LogP contribution is -2.47. The first-order valence-corrected chi connectivity index (χ1v) is 15.5. The molecule has 0 spiro atoms. The Labute approximate surface area is 240 Å². The van der Waals surface area contributed by atoms with Gasteiger partial charge in [-0.3, -0.25) is 9.59 Å². The van der Waals surface area contributed by atoms with Crippen molar-refractivity contribution in [3.63, 3.8) is 0 Å². The maximum Gasteiger partial charge on any atom is 0.243 e. The molecule has 0 bridgehead atoms. The number of nitrogens with one attached hydrogen (secondary N) is 1. The Morgan fingerprint density at radius 2 is 1.93 bits per heavy atom. The molecule has 2 aliphatic rings. The molecule has 0 radical (unpaired) electrons. The quantitative estimate of drug-likeness (QED) is 0.369. The van der Waals surface area contributed by atoms with E-state index in [1.54, 1.807) is 19.2 Å². The lowest BCUT2D eigenvalue weighted by Gasteiger charge is -2.35. The van der Waals surface area contributed by atoms with Crippen molar-refractivity contribution in [2.24, 2.45) is 11.7 Å². The molecule has 11 nitrogen and oxygen atoms in total. The van der Waals surface area contributed by atoms with Gasteiger partial charge in [0.1, 0.15) is 5.82 Å². The van der Waals surface area contributed by atoms with Crippen LogP contribution >= 0.6 is 0 Å². The molecule has 0 saturated carbocycles. The molecule has 1 aromatic heterocycles. The SMILES string of the molecule is COCCCn1c([C@@H]2CCCN(C(=O)[C@@H]3CN(S(=O)(=O)c4cccc(NC(C)=O)c4)C[C@H]3N)C2)nc2ccccc21. The van der Waals surface area contributed by atoms with Crippen LogP contribution in [0, 0.1) is 5.92 Å². The van der Waals surface area contributed by atoms with Crippen molar-refractivity contribution in [1.82, 2.24) is 18.8 Å². The van der Waals surface area contributed by atoms with Gasteiger partial charge in [-0.2, -0.15) is 4.31 Å². The van der Waals surface area contributed by atoms with Gasteiger partial charge in [0.05, 0.1) is 21.8 Å². The first-order valence-electron chi connectivity index (χ1n) is 14.1. The lowest BCUT2D eigenvalue weighted by molar-refractivity contribution is -0.136. The molecule has 3 atom stereocenters. The van der Waals surface area contributed by atoms with Crippen LogP contribution in [0.15, 0.2) is 53.4 Å². The van der Waals surface area contributed by atoms with Crippen LogP contribution in [0.3, 0.4) is 0 Å². The third-order valence-corrected chi connectivity index (χ3v) is 9.78. The molecule has 2 saturated heterocycles. The highest BCUT2D eigenvalue weighted by Crippen LogP contribution is 2.32. The zero-order valence-corrected chi connectivity index (χ0v) is 24.3. The number of carbonyl (C=O) groups excluding carboxylic acids is 2. The van der Waals surface area contributed by atoms with Crippen LogP contribution in [-0.4, -0.2) is 84.9 Å². The molecule has 2 aromatic carbocycles. The lowest BCUT2D eigenvalue weighted by atomic mass is 9.94. The highest BCUT2D eigenvalue weighted by atomic mass is 32.2. The number of methoxy groups -OCH3 is 1. The molecule has 3 N–H and O–H groups in total. The van der Waals surface area contributed by atoms with E-state index in [0.29, 0.717) is 25.4 Å². The summed E-state index contributed by atoms with van der Waals surface area (Å²) < 4.78 is 35.7. The number of nitrogens with two attached hydrogens (primary N) is 1. The number of piperidine rings is 1. The molecule has 0 unspecified atom stereocenters. The maximum atomic E-state index is 13.8. The van der Waals surface area contributed by atoms with E-state index in [4.69, 9.17) is 15.5 Å². The summed E-state index contributed by atoms with van der Waals surface area (Å²) in [6, 6.07) is 13.6. The third-order valence-electron chi connectivity index (χ3n) is 7.95. The Morgan fingerprint density at radius 3 is 2.71 bits per heavy atom. The van der Waals surface area contributed by atoms with Crippen LogP contribution in [0.1, 0.15) is 37.9 Å². The van der Waals surface area contributed by atoms with E-state index in [9.17, 15) is 18.0 Å². The van der Waals surface area contributed by atoms with Crippen molar-refractivity contribution in [2.45, 2.75) is 49.6 Å². The molecule has 2 fully saturated rings. The van der Waals surface area contributed by atoms with Gasteiger partial charge in [-0.1, -0.05) is 18.2 Å². The zero-order valence-electron chi connectivity index (χ0n) is 23.5. The molecule has 0 aliphatic carbocycles. The summed E-state index contributed by atoms with van der Waals surface area (Å²) in [5, 5.41) is 2.61. The number of carbonyl (C=O) groups is 2. The summed E-state index contributed by atoms with van der Waals surface area (Å²) in [5.74, 6) is -0.00861. The van der Waals surface area contributed by atoms with Crippen molar-refractivity contribution in [1.29, 1.82) is 0 Å². The standard InChI is InChI=1S/C29H38N6O5S/c1-20(36)31-22-9-5-10-23(16-22)41(38,39)34-18-24(25(30)19-34)29(37)33-13-6-8-21(17-33)28-32-26-11-3-4-12-27(26)35(28)14-7-15-40-2/h3-5,9-12,16,21,24-25H,6-8,13-15,17-19,30H2,1-2H3,(H,31,36)/t21-,24-,25-/m1/s1. The number of hydrogen-bond acceptors (Lipinski definition) is 7. The number of aryl methyl sites for hydroxylation is 1. The molecule has 3 aromatic rings. The number of para-hydroxylation sites is 2. The number of nitrogens with zero attached hydrogens (tertiary/aromatic N) is 4. The second kappa shape index (κ2) is 12.3. The summed E-state index contributed by atoms with van der Waals surface area (Å²) in [7, 11) is -2.21. The van der Waals surface area contributed by atoms with E-state index in [-0.39, 0.29) is 35.7 Å². The molecular weight excluding hydrogens is 544 g/mol. The van der Waals surface area contributed by atoms with Gasteiger partial charge in [0.2, 0.25) is 21.8 Å². The molecule has 2 aliphatic heterocycles. The van der Waals surface area contributed by atoms with Gasteiger partial charge >= 0.3 is 0 Å². The van der Waals surface area contributed by atoms with Crippen LogP contribution < -0.4 is 11.1 Å². The molecule has 41 heavy (non-hydrogen) atoms. The zero-order chi connectivity index (χ0) is 29.1. The minimum absolute atomic E-state index is 0.0173. The van der Waals surface area contributed by atoms with Gasteiger partial charge in [-0.05, 0) is 49.6 Å². The normalized spacial score (nSPS) is 21.8. The maximum absolute atomic E-state index is 13.8. The average molecular weight is 583 g/mol. The molecule has 220 valence electrons. The highest BCUT2D eigenvalue weighted by molar-refractivity contribution is 7.89. The Morgan fingerprint density at radius 1 is 1.12 bits per heavy atom. The Balaban J connectivity index is 1.31. The monoisotopic (exact) mass is 582 g/mol. The average Bonchev–Trinajstić information content (AvgIpc) is 3.54. The van der Waals surface area contributed by atoms with Crippen LogP contribution in [-0.2, 0) is 30.9 Å². The number of likely N-dealkylation sites (tertiary alicyclic amines) is 1. The molecule has 3 heterocycles. The van der Waals surface area contributed by atoms with Crippen LogP contribution in [0.4, 0.5) is 5.69 Å². The van der Waals surface area contributed by atoms with E-state index >= 15 is 0 Å². The predicted octanol–water partition coefficient (Wildman–Crippen LogP) is 2.39. The largest absolute Gasteiger partial charge is 0.385 e. The third kappa shape index (κ3) is 6.15. The number of imidazole rings is 1. The van der Waals surface area contributed by atoms with Crippen LogP contribution in [0.5, 0.6) is 0 Å². The van der Waals surface area contributed by atoms with Crippen molar-refractivity contribution < 1.29 is 22.7 Å². The van der Waals surface area contributed by atoms with Gasteiger partial charge in [0, 0.05) is 71.0 Å². The van der Waals surface area contributed by atoms with Gasteiger partial charge in [-0.15, -0.1) is 0 Å². The summed E-state index contributed by atoms with van der Waals surface area (Å²) in [4.78, 5) is 32.1. The number of amides is 2. The van der Waals surface area contributed by atoms with E-state index in [1.165, 1.54) is 23.4 Å². The van der Waals surface area contributed by atoms with Gasteiger partial charge in [0.25, 0.3) is 0 Å². The summed E-state index contributed by atoms with van der Waals surface area (Å²) in [6.07, 6.45) is 2.60. The van der Waals surface area contributed by atoms with Gasteiger partial charge in [0.15, 0.2) is 0 Å². The Kier molecular flexibility index (Phi) is 8.74. The minimum Gasteiger partial charge on any atom is -0.385 e. The molecular formula is C29H38N6O5S. The second-order valence-corrected chi connectivity index (χ2v) is 12.8. The predicted molar refractivity (Wildman–Crippen MR) is 156 cm³/mol. The van der Waals surface area contributed by atoms with Crippen LogP contribution in [0.25, 0.3) is 11.0 Å². The highest BCUT2D eigenvalue weighted by Gasteiger charge is 2.43. The minimum atomic E-state index is -3.90. The van der Waals surface area contributed by atoms with E-state index in [1.807, 2.05) is 23.1 Å². The number of hydrogen-bond donors (Lipinski definition) is 2. The van der Waals surface area contributed by atoms with Crippen LogP contribution in [0.2, 0.25) is 0 Å². The fourth-order valence-corrected chi connectivity index (χ4v) is 7.52. The Bertz CT molecular complexity index is 1520. The number of aromatic nitrogens is 2. The number of sulfonamides is 1. The smallest absolute Gasteiger partial charge is 0.243 e. The summed E-state index contributed by atoms with van der Waals surface area (Å²) >= 11 is 0.